The summed E-state index contributed by atoms with van der Waals surface area (Å²) in [6, 6.07) is 8.14. The van der Waals surface area contributed by atoms with E-state index in [4.69, 9.17) is 10.5 Å². The lowest BCUT2D eigenvalue weighted by atomic mass is 10.1. The van der Waals surface area contributed by atoms with Crippen LogP contribution in [-0.4, -0.2) is 16.4 Å². The first-order chi connectivity index (χ1) is 9.11. The molecule has 0 spiro atoms. The van der Waals surface area contributed by atoms with Gasteiger partial charge in [-0.15, -0.1) is 0 Å². The Hall–Kier alpha value is -1.97. The molecule has 0 amide bonds. The first-order valence-corrected chi connectivity index (χ1v) is 6.69. The number of nitrogens with zero attached hydrogens (tertiary/aromatic N) is 2. The van der Waals surface area contributed by atoms with Crippen molar-refractivity contribution < 1.29 is 4.74 Å². The van der Waals surface area contributed by atoms with Gasteiger partial charge in [-0.25, -0.2) is 0 Å². The van der Waals surface area contributed by atoms with Gasteiger partial charge in [0, 0.05) is 29.6 Å². The van der Waals surface area contributed by atoms with Gasteiger partial charge in [-0.1, -0.05) is 6.92 Å². The lowest BCUT2D eigenvalue weighted by Crippen LogP contribution is -2.05. The van der Waals surface area contributed by atoms with Crippen LogP contribution < -0.4 is 10.5 Å². The summed E-state index contributed by atoms with van der Waals surface area (Å²) in [4.78, 5) is 0. The summed E-state index contributed by atoms with van der Waals surface area (Å²) in [5.74, 6) is 0.813. The quantitative estimate of drug-likeness (QED) is 0.836. The van der Waals surface area contributed by atoms with Gasteiger partial charge in [0.05, 0.1) is 12.3 Å². The van der Waals surface area contributed by atoms with Gasteiger partial charge in [0.15, 0.2) is 0 Å². The lowest BCUT2D eigenvalue weighted by Gasteiger charge is -2.13. The highest BCUT2D eigenvalue weighted by Gasteiger charge is 2.10. The monoisotopic (exact) mass is 259 g/mol. The van der Waals surface area contributed by atoms with Crippen LogP contribution in [0.25, 0.3) is 11.3 Å². The van der Waals surface area contributed by atoms with Crippen LogP contribution in [0.1, 0.15) is 33.2 Å². The lowest BCUT2D eigenvalue weighted by molar-refractivity contribution is 0.317. The second kappa shape index (κ2) is 5.78. The molecule has 0 saturated carbocycles. The van der Waals surface area contributed by atoms with E-state index in [9.17, 15) is 0 Å². The minimum atomic E-state index is 0.312. The number of rotatable bonds is 5. The van der Waals surface area contributed by atoms with Crippen molar-refractivity contribution in [2.24, 2.45) is 0 Å². The summed E-state index contributed by atoms with van der Waals surface area (Å²) in [7, 11) is 0. The fourth-order valence-electron chi connectivity index (χ4n) is 2.03. The molecule has 102 valence electrons. The van der Waals surface area contributed by atoms with Crippen molar-refractivity contribution in [2.45, 2.75) is 33.2 Å². The Balaban J connectivity index is 2.38. The molecule has 19 heavy (non-hydrogen) atoms. The summed E-state index contributed by atoms with van der Waals surface area (Å²) in [5.41, 5.74) is 8.76. The number of anilines is 1. The zero-order valence-corrected chi connectivity index (χ0v) is 11.8. The highest BCUT2D eigenvalue weighted by atomic mass is 16.5. The van der Waals surface area contributed by atoms with E-state index in [0.29, 0.717) is 18.3 Å². The molecule has 0 saturated heterocycles. The largest absolute Gasteiger partial charge is 0.494 e. The van der Waals surface area contributed by atoms with Crippen molar-refractivity contribution in [3.8, 4) is 17.0 Å². The van der Waals surface area contributed by atoms with E-state index in [2.05, 4.69) is 25.9 Å². The zero-order valence-electron chi connectivity index (χ0n) is 11.8. The van der Waals surface area contributed by atoms with Gasteiger partial charge in [0.1, 0.15) is 5.75 Å². The third-order valence-corrected chi connectivity index (χ3v) is 2.86. The molecule has 2 N–H and O–H groups in total. The van der Waals surface area contributed by atoms with Gasteiger partial charge >= 0.3 is 0 Å². The third kappa shape index (κ3) is 3.08. The number of aromatic nitrogens is 2. The van der Waals surface area contributed by atoms with E-state index >= 15 is 0 Å². The molecule has 0 radical (unpaired) electrons. The highest BCUT2D eigenvalue weighted by molar-refractivity contribution is 5.67. The van der Waals surface area contributed by atoms with Crippen LogP contribution in [0, 0.1) is 0 Å². The maximum atomic E-state index is 5.95. The van der Waals surface area contributed by atoms with Gasteiger partial charge in [-0.2, -0.15) is 5.10 Å². The minimum Gasteiger partial charge on any atom is -0.494 e. The molecule has 1 aromatic heterocycles. The summed E-state index contributed by atoms with van der Waals surface area (Å²) in [6.07, 6.45) is 2.79. The second-order valence-electron chi connectivity index (χ2n) is 4.89. The minimum absolute atomic E-state index is 0.312. The van der Waals surface area contributed by atoms with Crippen molar-refractivity contribution in [3.63, 3.8) is 0 Å². The number of nitrogen functional groups attached to an aromatic ring is 1. The van der Waals surface area contributed by atoms with Gasteiger partial charge in [-0.05, 0) is 38.5 Å². The average molecular weight is 259 g/mol. The van der Waals surface area contributed by atoms with Crippen molar-refractivity contribution in [2.75, 3.05) is 12.3 Å². The SMILES string of the molecule is CCCOc1cc(N)cc(-c2ccnn2C(C)C)c1. The van der Waals surface area contributed by atoms with E-state index in [0.717, 1.165) is 23.4 Å². The van der Waals surface area contributed by atoms with Gasteiger partial charge < -0.3 is 10.5 Å². The molecule has 0 bridgehead atoms. The third-order valence-electron chi connectivity index (χ3n) is 2.86. The van der Waals surface area contributed by atoms with Crippen molar-refractivity contribution >= 4 is 5.69 Å². The molecule has 2 aromatic rings. The normalized spacial score (nSPS) is 10.9. The predicted octanol–water partition coefficient (Wildman–Crippen LogP) is 3.50. The summed E-state index contributed by atoms with van der Waals surface area (Å²) < 4.78 is 7.65. The topological polar surface area (TPSA) is 53.1 Å². The Labute approximate surface area is 114 Å². The molecule has 1 heterocycles. The van der Waals surface area contributed by atoms with Crippen LogP contribution in [-0.2, 0) is 0 Å². The van der Waals surface area contributed by atoms with Crippen LogP contribution >= 0.6 is 0 Å². The van der Waals surface area contributed by atoms with Crippen LogP contribution in [0.2, 0.25) is 0 Å². The Bertz CT molecular complexity index is 546. The van der Waals surface area contributed by atoms with E-state index in [-0.39, 0.29) is 0 Å². The molecular weight excluding hydrogens is 238 g/mol. The standard InChI is InChI=1S/C15H21N3O/c1-4-7-19-14-9-12(8-13(16)10-14)15-5-6-17-18(15)11(2)3/h5-6,8-11H,4,7,16H2,1-3H3. The Kier molecular flexibility index (Phi) is 4.10. The average Bonchev–Trinajstić information content (AvgIpc) is 2.85. The summed E-state index contributed by atoms with van der Waals surface area (Å²) in [6.45, 7) is 7.00. The van der Waals surface area contributed by atoms with E-state index in [1.807, 2.05) is 35.1 Å². The number of hydrogen-bond donors (Lipinski definition) is 1. The van der Waals surface area contributed by atoms with Crippen molar-refractivity contribution in [3.05, 3.63) is 30.5 Å². The zero-order chi connectivity index (χ0) is 13.8. The molecule has 0 aliphatic rings. The van der Waals surface area contributed by atoms with Crippen LogP contribution in [0.15, 0.2) is 30.5 Å². The molecule has 0 atom stereocenters. The molecular formula is C15H21N3O. The van der Waals surface area contributed by atoms with Gasteiger partial charge in [0.2, 0.25) is 0 Å². The summed E-state index contributed by atoms with van der Waals surface area (Å²) >= 11 is 0. The number of nitrogens with two attached hydrogens (primary N) is 1. The number of ether oxygens (including phenoxy) is 1. The molecule has 0 unspecified atom stereocenters. The summed E-state index contributed by atoms with van der Waals surface area (Å²) in [5, 5.41) is 4.35. The Morgan fingerprint density at radius 2 is 2.11 bits per heavy atom. The van der Waals surface area contributed by atoms with E-state index in [1.165, 1.54) is 0 Å². The second-order valence-corrected chi connectivity index (χ2v) is 4.89. The van der Waals surface area contributed by atoms with E-state index in [1.54, 1.807) is 0 Å². The first kappa shape index (κ1) is 13.5. The van der Waals surface area contributed by atoms with E-state index < -0.39 is 0 Å². The molecule has 0 aliphatic carbocycles. The fourth-order valence-corrected chi connectivity index (χ4v) is 2.03. The van der Waals surface area contributed by atoms with Crippen molar-refractivity contribution in [1.82, 2.24) is 9.78 Å². The number of benzene rings is 1. The Morgan fingerprint density at radius 1 is 1.32 bits per heavy atom. The van der Waals surface area contributed by atoms with Gasteiger partial charge in [-0.3, -0.25) is 4.68 Å². The molecule has 1 aromatic carbocycles. The maximum Gasteiger partial charge on any atom is 0.122 e. The predicted molar refractivity (Wildman–Crippen MR) is 78.2 cm³/mol. The Morgan fingerprint density at radius 3 is 2.79 bits per heavy atom. The highest BCUT2D eigenvalue weighted by Crippen LogP contribution is 2.28. The molecule has 4 nitrogen and oxygen atoms in total. The van der Waals surface area contributed by atoms with Crippen molar-refractivity contribution in [1.29, 1.82) is 0 Å². The van der Waals surface area contributed by atoms with Gasteiger partial charge in [0.25, 0.3) is 0 Å². The number of hydrogen-bond acceptors (Lipinski definition) is 3. The smallest absolute Gasteiger partial charge is 0.122 e. The fraction of sp³-hybridized carbons (Fsp3) is 0.400. The maximum absolute atomic E-state index is 5.95. The van der Waals surface area contributed by atoms with Crippen LogP contribution in [0.5, 0.6) is 5.75 Å². The molecule has 4 heteroatoms. The molecule has 2 rings (SSSR count). The molecule has 0 aliphatic heterocycles. The van der Waals surface area contributed by atoms with Crippen LogP contribution in [0.3, 0.4) is 0 Å². The van der Waals surface area contributed by atoms with Crippen LogP contribution in [0.4, 0.5) is 5.69 Å². The first-order valence-electron chi connectivity index (χ1n) is 6.69. The molecule has 0 fully saturated rings.